The van der Waals surface area contributed by atoms with Gasteiger partial charge in [-0.2, -0.15) is 4.21 Å². The number of halogens is 1. The van der Waals surface area contributed by atoms with E-state index >= 15 is 0 Å². The summed E-state index contributed by atoms with van der Waals surface area (Å²) in [7, 11) is 1.97. The lowest BCUT2D eigenvalue weighted by Crippen LogP contribution is -2.41. The highest BCUT2D eigenvalue weighted by atomic mass is 32.2. The number of nitrogens with two attached hydrogens (primary N) is 1. The minimum atomic E-state index is -2.86. The monoisotopic (exact) mass is 1130 g/mol. The van der Waals surface area contributed by atoms with Gasteiger partial charge in [0.25, 0.3) is 5.91 Å². The zero-order valence-electron chi connectivity index (χ0n) is 48.3. The number of carbonyl (C=O) groups is 5. The fraction of sp³-hybridized carbons (Fsp3) is 0.413. The molecule has 0 fully saturated rings. The summed E-state index contributed by atoms with van der Waals surface area (Å²) < 4.78 is 44.9. The number of ether oxygens (including phenoxy) is 3. The van der Waals surface area contributed by atoms with E-state index in [2.05, 4.69) is 61.3 Å². The van der Waals surface area contributed by atoms with Crippen molar-refractivity contribution in [3.63, 3.8) is 0 Å². The van der Waals surface area contributed by atoms with Crippen LogP contribution in [0.2, 0.25) is 0 Å². The number of phenolic OH excluding ortho intramolecular Hbond substituents is 2. The molecule has 3 aliphatic heterocycles. The molecule has 81 heavy (non-hydrogen) atoms. The van der Waals surface area contributed by atoms with Crippen LogP contribution in [0.1, 0.15) is 174 Å². The van der Waals surface area contributed by atoms with Gasteiger partial charge in [0.1, 0.15) is 35.0 Å². The smallest absolute Gasteiger partial charge is 0.401 e. The number of aromatic hydroxyl groups is 2. The standard InChI is InChI=1S/C27H23NO7.C23H23FN2O4S.C9H21NO.2C2H6/c29-12-4-2-1-3-11-28-25(32)16-5-8-20-19(13-16)26(33)35-27(20)21-9-6-17(30)14-23(21)34-24-15-18(31)7-10-22(24)27;1-23(2)13-14-26(22(28)12-11-21(25)27)20-10-7-17(15-19(20)23)4-3-16-5-8-18(9-6-16)30-31(24)29;1-5-8-11-9(2,3)6-7-10-4;2*1-2/h5-10,12-15,30-31H,1-4,11H2,(H,28,32);5-10,15H,11-14H2,1-2H3,(H2,25,27);10H,5-8H2,1-4H3;2*1-2H3. The molecule has 5 aromatic carbocycles. The Kier molecular flexibility index (Phi) is 25.6. The molecule has 1 atom stereocenters. The Labute approximate surface area is 479 Å². The summed E-state index contributed by atoms with van der Waals surface area (Å²) in [5.74, 6) is 5.32. The van der Waals surface area contributed by atoms with Crippen molar-refractivity contribution < 1.29 is 60.7 Å². The maximum atomic E-state index is 13.1. The van der Waals surface area contributed by atoms with Crippen LogP contribution >= 0.6 is 0 Å². The molecule has 436 valence electrons. The number of hydrogen-bond acceptors (Lipinski definition) is 13. The highest BCUT2D eigenvalue weighted by Gasteiger charge is 2.54. The molecule has 3 aliphatic rings. The lowest BCUT2D eigenvalue weighted by molar-refractivity contribution is -0.123. The van der Waals surface area contributed by atoms with Gasteiger partial charge in [0.2, 0.25) is 11.8 Å². The summed E-state index contributed by atoms with van der Waals surface area (Å²) in [6, 6.07) is 25.9. The number of carbonyl (C=O) groups excluding carboxylic acids is 5. The van der Waals surface area contributed by atoms with Gasteiger partial charge >= 0.3 is 17.4 Å². The summed E-state index contributed by atoms with van der Waals surface area (Å²) in [6.07, 6.45) is 6.86. The number of fused-ring (bicyclic) bond motifs is 7. The summed E-state index contributed by atoms with van der Waals surface area (Å²) >= 11 is -2.86. The van der Waals surface area contributed by atoms with Crippen molar-refractivity contribution in [3.8, 4) is 40.6 Å². The first-order chi connectivity index (χ1) is 38.7. The van der Waals surface area contributed by atoms with Crippen LogP contribution in [0, 0.1) is 11.8 Å². The molecule has 1 spiro atoms. The molecule has 3 amide bonds. The molecule has 8 rings (SSSR count). The van der Waals surface area contributed by atoms with Crippen LogP contribution in [-0.2, 0) is 46.3 Å². The van der Waals surface area contributed by atoms with E-state index in [1.807, 2.05) is 52.9 Å². The molecular formula is C63H79FN4O12S. The minimum absolute atomic E-state index is 0.0229. The van der Waals surface area contributed by atoms with Gasteiger partial charge in [-0.3, -0.25) is 14.4 Å². The van der Waals surface area contributed by atoms with Crippen LogP contribution in [0.4, 0.5) is 9.57 Å². The van der Waals surface area contributed by atoms with E-state index in [-0.39, 0.29) is 58.5 Å². The average Bonchev–Trinajstić information content (AvgIpc) is 3.98. The Balaban J connectivity index is 0.000000282. The van der Waals surface area contributed by atoms with E-state index in [4.69, 9.17) is 19.9 Å². The van der Waals surface area contributed by atoms with E-state index in [9.17, 15) is 42.3 Å². The molecular weight excluding hydrogens is 1060 g/mol. The molecule has 5 aromatic rings. The summed E-state index contributed by atoms with van der Waals surface area (Å²) in [6.45, 7) is 21.6. The van der Waals surface area contributed by atoms with Gasteiger partial charge in [-0.25, -0.2) is 4.79 Å². The van der Waals surface area contributed by atoms with Crippen molar-refractivity contribution in [2.24, 2.45) is 5.73 Å². The number of hydrogen-bond donors (Lipinski definition) is 5. The van der Waals surface area contributed by atoms with Crippen LogP contribution in [0.5, 0.6) is 28.7 Å². The summed E-state index contributed by atoms with van der Waals surface area (Å²) in [4.78, 5) is 61.5. The number of phenols is 2. The highest BCUT2D eigenvalue weighted by molar-refractivity contribution is 7.75. The Bertz CT molecular complexity index is 2980. The van der Waals surface area contributed by atoms with Crippen molar-refractivity contribution >= 4 is 47.1 Å². The first-order valence-corrected chi connectivity index (χ1v) is 28.5. The third kappa shape index (κ3) is 18.0. The third-order valence-electron chi connectivity index (χ3n) is 13.2. The number of benzene rings is 5. The number of amides is 3. The Morgan fingerprint density at radius 3 is 2.04 bits per heavy atom. The Hall–Kier alpha value is -7.59. The van der Waals surface area contributed by atoms with Crippen molar-refractivity contribution in [3.05, 3.63) is 142 Å². The second-order valence-corrected chi connectivity index (χ2v) is 20.5. The second-order valence-electron chi connectivity index (χ2n) is 20.0. The Morgan fingerprint density at radius 1 is 0.827 bits per heavy atom. The van der Waals surface area contributed by atoms with Gasteiger partial charge in [-0.05, 0) is 149 Å². The normalized spacial score (nSPS) is 13.8. The molecule has 16 nitrogen and oxygen atoms in total. The van der Waals surface area contributed by atoms with Gasteiger partial charge in [0.15, 0.2) is 5.60 Å². The molecule has 0 aliphatic carbocycles. The number of nitrogens with one attached hydrogen (secondary N) is 2. The van der Waals surface area contributed by atoms with Crippen molar-refractivity contribution in [1.82, 2.24) is 10.6 Å². The highest BCUT2D eigenvalue weighted by Crippen LogP contribution is 2.57. The zero-order chi connectivity index (χ0) is 59.9. The zero-order valence-corrected chi connectivity index (χ0v) is 49.1. The number of esters is 1. The molecule has 3 heterocycles. The van der Waals surface area contributed by atoms with Gasteiger partial charge in [0, 0.05) is 90.2 Å². The molecule has 18 heteroatoms. The molecule has 0 radical (unpaired) electrons. The van der Waals surface area contributed by atoms with Crippen molar-refractivity contribution in [1.29, 1.82) is 0 Å². The lowest BCUT2D eigenvalue weighted by atomic mass is 9.77. The lowest BCUT2D eigenvalue weighted by Gasteiger charge is -2.39. The van der Waals surface area contributed by atoms with Crippen LogP contribution in [0.15, 0.2) is 97.1 Å². The fourth-order valence-corrected chi connectivity index (χ4v) is 9.29. The van der Waals surface area contributed by atoms with Gasteiger partial charge in [-0.1, -0.05) is 76.7 Å². The number of nitrogens with zero attached hydrogens (tertiary/aromatic N) is 1. The quantitative estimate of drug-likeness (QED) is 0.0181. The van der Waals surface area contributed by atoms with Gasteiger partial charge < -0.3 is 54.7 Å². The average molecular weight is 1140 g/mol. The molecule has 1 unspecified atom stereocenters. The van der Waals surface area contributed by atoms with Gasteiger partial charge in [0.05, 0.1) is 11.2 Å². The first kappa shape index (κ1) is 65.9. The first-order valence-electron chi connectivity index (χ1n) is 27.6. The number of rotatable bonds is 18. The maximum absolute atomic E-state index is 13.1. The van der Waals surface area contributed by atoms with E-state index in [0.29, 0.717) is 58.8 Å². The number of unbranched alkanes of at least 4 members (excludes halogenated alkanes) is 3. The van der Waals surface area contributed by atoms with E-state index < -0.39 is 28.9 Å². The van der Waals surface area contributed by atoms with Crippen LogP contribution in [0.25, 0.3) is 0 Å². The number of aldehydes is 1. The van der Waals surface area contributed by atoms with Crippen molar-refractivity contribution in [2.75, 3.05) is 38.2 Å². The number of primary amides is 1. The largest absolute Gasteiger partial charge is 0.508 e. The topological polar surface area (TPSA) is 233 Å². The van der Waals surface area contributed by atoms with Crippen LogP contribution in [-0.4, -0.2) is 83.3 Å². The predicted octanol–water partition coefficient (Wildman–Crippen LogP) is 11.3. The molecule has 0 saturated carbocycles. The van der Waals surface area contributed by atoms with E-state index in [1.54, 1.807) is 41.3 Å². The van der Waals surface area contributed by atoms with Gasteiger partial charge in [-0.15, -0.1) is 0 Å². The fourth-order valence-electron chi connectivity index (χ4n) is 9.03. The number of anilines is 1. The Morgan fingerprint density at radius 2 is 1.44 bits per heavy atom. The van der Waals surface area contributed by atoms with Crippen molar-refractivity contribution in [2.45, 2.75) is 137 Å². The molecule has 0 aromatic heterocycles. The summed E-state index contributed by atoms with van der Waals surface area (Å²) in [5.41, 5.74) is 9.23. The third-order valence-corrected chi connectivity index (χ3v) is 13.5. The maximum Gasteiger partial charge on any atom is 0.401 e. The van der Waals surface area contributed by atoms with Crippen LogP contribution in [0.3, 0.4) is 0 Å². The molecule has 0 bridgehead atoms. The minimum Gasteiger partial charge on any atom is -0.508 e. The molecule has 0 saturated heterocycles. The van der Waals surface area contributed by atoms with E-state index in [1.165, 1.54) is 42.5 Å². The summed E-state index contributed by atoms with van der Waals surface area (Å²) in [5, 5.41) is 26.0. The van der Waals surface area contributed by atoms with Crippen LogP contribution < -0.4 is 30.2 Å². The van der Waals surface area contributed by atoms with E-state index in [0.717, 1.165) is 74.8 Å². The SMILES string of the molecule is CC.CC.CC1(C)CCN(C(=O)CCC(N)=O)c2ccc(C#Cc3ccc(OS(=O)F)cc3)cc21.CCCOC(C)(C)CCNC.O=CCCCCCNC(=O)c1ccc2c(c1)C(=O)OC21c2ccc(O)cc2Oc2cc(O)ccc21. The second kappa shape index (κ2) is 31.4. The molecule has 6 N–H and O–H groups in total. The predicted molar refractivity (Wildman–Crippen MR) is 314 cm³/mol.